The molecular formula is C25H33N3O2. The molecule has 1 heterocycles. The normalized spacial score (nSPS) is 17.9. The van der Waals surface area contributed by atoms with Gasteiger partial charge in [0.15, 0.2) is 6.10 Å². The first kappa shape index (κ1) is 20.7. The van der Waals surface area contributed by atoms with Crippen LogP contribution in [0.5, 0.6) is 5.75 Å². The minimum atomic E-state index is -0.511. The number of hydrogen-bond acceptors (Lipinski definition) is 4. The summed E-state index contributed by atoms with van der Waals surface area (Å²) in [5.41, 5.74) is 5.00. The van der Waals surface area contributed by atoms with Crippen molar-refractivity contribution in [1.82, 2.24) is 10.2 Å². The van der Waals surface area contributed by atoms with Gasteiger partial charge in [0.25, 0.3) is 5.91 Å². The molecule has 1 fully saturated rings. The van der Waals surface area contributed by atoms with E-state index in [2.05, 4.69) is 52.5 Å². The molecule has 0 radical (unpaired) electrons. The molecule has 1 amide bonds. The van der Waals surface area contributed by atoms with Crippen molar-refractivity contribution in [3.63, 3.8) is 0 Å². The molecule has 2 aromatic carbocycles. The molecule has 1 aliphatic heterocycles. The maximum Gasteiger partial charge on any atom is 0.261 e. The average molecular weight is 408 g/mol. The number of ether oxygens (including phenoxy) is 1. The highest BCUT2D eigenvalue weighted by atomic mass is 16.5. The lowest BCUT2D eigenvalue weighted by Crippen LogP contribution is -2.44. The molecule has 0 unspecified atom stereocenters. The Hall–Kier alpha value is -2.53. The number of piperazine rings is 1. The van der Waals surface area contributed by atoms with Crippen molar-refractivity contribution in [3.05, 3.63) is 59.2 Å². The lowest BCUT2D eigenvalue weighted by Gasteiger charge is -2.34. The van der Waals surface area contributed by atoms with Crippen LogP contribution in [-0.2, 0) is 24.2 Å². The minimum Gasteiger partial charge on any atom is -0.481 e. The van der Waals surface area contributed by atoms with Crippen LogP contribution in [0.2, 0.25) is 0 Å². The standard InChI is InChI=1S/C25H33N3O2/c1-19(30-24-9-5-7-21-6-3-4-8-23(21)24)25(29)26-18-20-10-12-22(13-11-20)28-16-14-27(2)15-17-28/h5,7,9-13,19H,3-4,6,8,14-18H2,1-2H3,(H,26,29)/t19-/m1/s1. The Bertz CT molecular complexity index is 857. The maximum absolute atomic E-state index is 12.6. The van der Waals surface area contributed by atoms with Crippen LogP contribution >= 0.6 is 0 Å². The van der Waals surface area contributed by atoms with Crippen LogP contribution in [0.4, 0.5) is 5.69 Å². The Balaban J connectivity index is 1.29. The van der Waals surface area contributed by atoms with E-state index in [0.29, 0.717) is 6.54 Å². The number of hydrogen-bond donors (Lipinski definition) is 1. The van der Waals surface area contributed by atoms with E-state index in [9.17, 15) is 4.79 Å². The number of aryl methyl sites for hydroxylation is 1. The monoisotopic (exact) mass is 407 g/mol. The zero-order valence-electron chi connectivity index (χ0n) is 18.2. The highest BCUT2D eigenvalue weighted by molar-refractivity contribution is 5.80. The summed E-state index contributed by atoms with van der Waals surface area (Å²) in [4.78, 5) is 17.4. The molecule has 160 valence electrons. The van der Waals surface area contributed by atoms with E-state index in [4.69, 9.17) is 4.74 Å². The Morgan fingerprint density at radius 2 is 1.77 bits per heavy atom. The summed E-state index contributed by atoms with van der Waals surface area (Å²) in [5.74, 6) is 0.790. The fraction of sp³-hybridized carbons (Fsp3) is 0.480. The highest BCUT2D eigenvalue weighted by Crippen LogP contribution is 2.30. The first-order valence-electron chi connectivity index (χ1n) is 11.2. The zero-order valence-corrected chi connectivity index (χ0v) is 18.2. The molecule has 30 heavy (non-hydrogen) atoms. The molecule has 5 nitrogen and oxygen atoms in total. The molecule has 1 atom stereocenters. The molecule has 4 rings (SSSR count). The van der Waals surface area contributed by atoms with Crippen molar-refractivity contribution in [1.29, 1.82) is 0 Å². The van der Waals surface area contributed by atoms with Crippen molar-refractivity contribution in [3.8, 4) is 5.75 Å². The van der Waals surface area contributed by atoms with Crippen molar-refractivity contribution >= 4 is 11.6 Å². The van der Waals surface area contributed by atoms with Crippen molar-refractivity contribution in [2.45, 2.75) is 45.3 Å². The van der Waals surface area contributed by atoms with Gasteiger partial charge in [0.1, 0.15) is 5.75 Å². The number of nitrogens with one attached hydrogen (secondary N) is 1. The molecule has 2 aromatic rings. The number of nitrogens with zero attached hydrogens (tertiary/aromatic N) is 2. The summed E-state index contributed by atoms with van der Waals surface area (Å²) >= 11 is 0. The third kappa shape index (κ3) is 4.96. The van der Waals surface area contributed by atoms with Gasteiger partial charge < -0.3 is 19.9 Å². The summed E-state index contributed by atoms with van der Waals surface area (Å²) < 4.78 is 6.05. The van der Waals surface area contributed by atoms with Gasteiger partial charge in [0.2, 0.25) is 0 Å². The zero-order chi connectivity index (χ0) is 20.9. The number of amides is 1. The number of likely N-dealkylation sites (N-methyl/N-ethyl adjacent to an activating group) is 1. The van der Waals surface area contributed by atoms with Crippen molar-refractivity contribution in [2.24, 2.45) is 0 Å². The number of fused-ring (bicyclic) bond motifs is 1. The van der Waals surface area contributed by atoms with Gasteiger partial charge >= 0.3 is 0 Å². The van der Waals surface area contributed by atoms with E-state index in [1.54, 1.807) is 0 Å². The Labute approximate surface area is 180 Å². The van der Waals surface area contributed by atoms with E-state index >= 15 is 0 Å². The second kappa shape index (κ2) is 9.52. The Morgan fingerprint density at radius 1 is 1.03 bits per heavy atom. The van der Waals surface area contributed by atoms with Crippen LogP contribution in [-0.4, -0.2) is 50.1 Å². The fourth-order valence-corrected chi connectivity index (χ4v) is 4.32. The topological polar surface area (TPSA) is 44.8 Å². The van der Waals surface area contributed by atoms with Crippen molar-refractivity contribution in [2.75, 3.05) is 38.1 Å². The molecule has 0 spiro atoms. The minimum absolute atomic E-state index is 0.0773. The quantitative estimate of drug-likeness (QED) is 0.797. The number of benzene rings is 2. The van der Waals surface area contributed by atoms with E-state index in [1.165, 1.54) is 29.7 Å². The van der Waals surface area contributed by atoms with Crippen LogP contribution in [0.3, 0.4) is 0 Å². The third-order valence-electron chi connectivity index (χ3n) is 6.30. The largest absolute Gasteiger partial charge is 0.481 e. The van der Waals surface area contributed by atoms with Gasteiger partial charge in [-0.3, -0.25) is 4.79 Å². The molecule has 1 saturated heterocycles. The molecule has 0 aromatic heterocycles. The third-order valence-corrected chi connectivity index (χ3v) is 6.30. The Kier molecular flexibility index (Phi) is 6.58. The fourth-order valence-electron chi connectivity index (χ4n) is 4.32. The molecule has 2 aliphatic rings. The van der Waals surface area contributed by atoms with Crippen LogP contribution in [0.25, 0.3) is 0 Å². The van der Waals surface area contributed by atoms with Crippen LogP contribution in [0.1, 0.15) is 36.5 Å². The second-order valence-corrected chi connectivity index (χ2v) is 8.54. The summed E-state index contributed by atoms with van der Waals surface area (Å²) in [6, 6.07) is 14.7. The first-order valence-corrected chi connectivity index (χ1v) is 11.2. The van der Waals surface area contributed by atoms with E-state index in [-0.39, 0.29) is 5.91 Å². The van der Waals surface area contributed by atoms with E-state index in [0.717, 1.165) is 50.3 Å². The second-order valence-electron chi connectivity index (χ2n) is 8.54. The van der Waals surface area contributed by atoms with Gasteiger partial charge in [-0.05, 0) is 74.5 Å². The van der Waals surface area contributed by atoms with E-state index < -0.39 is 6.10 Å². The molecule has 1 N–H and O–H groups in total. The lowest BCUT2D eigenvalue weighted by atomic mass is 9.91. The van der Waals surface area contributed by atoms with Crippen molar-refractivity contribution < 1.29 is 9.53 Å². The van der Waals surface area contributed by atoms with Crippen LogP contribution in [0.15, 0.2) is 42.5 Å². The smallest absolute Gasteiger partial charge is 0.261 e. The van der Waals surface area contributed by atoms with E-state index in [1.807, 2.05) is 19.1 Å². The number of carbonyl (C=O) groups excluding carboxylic acids is 1. The van der Waals surface area contributed by atoms with Gasteiger partial charge in [-0.25, -0.2) is 0 Å². The molecule has 0 bridgehead atoms. The van der Waals surface area contributed by atoms with Gasteiger partial charge in [-0.1, -0.05) is 24.3 Å². The summed E-state index contributed by atoms with van der Waals surface area (Å²) in [6.07, 6.45) is 4.07. The Morgan fingerprint density at radius 3 is 2.53 bits per heavy atom. The summed E-state index contributed by atoms with van der Waals surface area (Å²) in [6.45, 7) is 6.66. The maximum atomic E-state index is 12.6. The summed E-state index contributed by atoms with van der Waals surface area (Å²) in [5, 5.41) is 3.02. The first-order chi connectivity index (χ1) is 14.6. The SMILES string of the molecule is C[C@@H](Oc1cccc2c1CCCC2)C(=O)NCc1ccc(N2CCN(C)CC2)cc1. The predicted molar refractivity (Wildman–Crippen MR) is 121 cm³/mol. The summed E-state index contributed by atoms with van der Waals surface area (Å²) in [7, 11) is 2.17. The lowest BCUT2D eigenvalue weighted by molar-refractivity contribution is -0.127. The van der Waals surface area contributed by atoms with Gasteiger partial charge in [0, 0.05) is 38.4 Å². The van der Waals surface area contributed by atoms with Gasteiger partial charge in [-0.15, -0.1) is 0 Å². The molecular weight excluding hydrogens is 374 g/mol. The van der Waals surface area contributed by atoms with Gasteiger partial charge in [-0.2, -0.15) is 0 Å². The predicted octanol–water partition coefficient (Wildman–Crippen LogP) is 3.40. The van der Waals surface area contributed by atoms with Gasteiger partial charge in [0.05, 0.1) is 0 Å². The number of rotatable bonds is 6. The van der Waals surface area contributed by atoms with Crippen LogP contribution in [0, 0.1) is 0 Å². The highest BCUT2D eigenvalue weighted by Gasteiger charge is 2.19. The average Bonchev–Trinajstić information content (AvgIpc) is 2.78. The van der Waals surface area contributed by atoms with Crippen LogP contribution < -0.4 is 15.0 Å². The number of carbonyl (C=O) groups is 1. The molecule has 1 aliphatic carbocycles. The molecule has 5 heteroatoms. The molecule has 0 saturated carbocycles. The number of anilines is 1.